The normalized spacial score (nSPS) is 11.8. The zero-order chi connectivity index (χ0) is 14.4. The summed E-state index contributed by atoms with van der Waals surface area (Å²) in [6.45, 7) is 1.46. The summed E-state index contributed by atoms with van der Waals surface area (Å²) in [5.74, 6) is -1.19. The van der Waals surface area contributed by atoms with Gasteiger partial charge in [0.05, 0.1) is 4.92 Å². The van der Waals surface area contributed by atoms with Crippen molar-refractivity contribution in [2.24, 2.45) is 0 Å². The van der Waals surface area contributed by atoms with Crippen molar-refractivity contribution >= 4 is 17.7 Å². The van der Waals surface area contributed by atoms with E-state index >= 15 is 0 Å². The van der Waals surface area contributed by atoms with Crippen LogP contribution in [-0.2, 0) is 4.79 Å². The molecule has 0 radical (unpaired) electrons. The third kappa shape index (κ3) is 4.12. The molecule has 0 aromatic heterocycles. The molecule has 1 rings (SSSR count). The van der Waals surface area contributed by atoms with E-state index < -0.39 is 17.0 Å². The van der Waals surface area contributed by atoms with Crippen LogP contribution in [0.4, 0.5) is 5.69 Å². The summed E-state index contributed by atoms with van der Waals surface area (Å²) in [5, 5.41) is 28.0. The van der Waals surface area contributed by atoms with Crippen LogP contribution in [0.5, 0.6) is 5.75 Å². The maximum Gasteiger partial charge on any atom is 0.328 e. The Hall–Kier alpha value is -2.88. The van der Waals surface area contributed by atoms with Crippen LogP contribution in [0.15, 0.2) is 24.3 Å². The minimum Gasteiger partial charge on any atom is -0.478 e. The van der Waals surface area contributed by atoms with Crippen molar-refractivity contribution in [2.75, 3.05) is 0 Å². The number of carbonyl (C=O) groups is 1. The van der Waals surface area contributed by atoms with Crippen LogP contribution in [0.25, 0.3) is 6.08 Å². The van der Waals surface area contributed by atoms with Crippen molar-refractivity contribution in [3.63, 3.8) is 0 Å². The standard InChI is InChI=1S/C12H10N2O5/c1-8(7-13)19-11-4-2-9(3-5-12(15)16)6-10(11)14(17)18/h2-6,8H,1H3,(H,15,16). The lowest BCUT2D eigenvalue weighted by Crippen LogP contribution is -2.09. The van der Waals surface area contributed by atoms with Crippen LogP contribution in [0.3, 0.4) is 0 Å². The molecule has 0 spiro atoms. The van der Waals surface area contributed by atoms with E-state index in [-0.39, 0.29) is 11.4 Å². The fourth-order valence-corrected chi connectivity index (χ4v) is 1.26. The van der Waals surface area contributed by atoms with E-state index in [0.717, 1.165) is 6.08 Å². The van der Waals surface area contributed by atoms with Crippen molar-refractivity contribution < 1.29 is 19.6 Å². The van der Waals surface area contributed by atoms with Gasteiger partial charge in [-0.25, -0.2) is 4.79 Å². The lowest BCUT2D eigenvalue weighted by molar-refractivity contribution is -0.386. The summed E-state index contributed by atoms with van der Waals surface area (Å²) < 4.78 is 5.09. The van der Waals surface area contributed by atoms with Gasteiger partial charge in [0.1, 0.15) is 6.07 Å². The Morgan fingerprint density at radius 2 is 2.32 bits per heavy atom. The van der Waals surface area contributed by atoms with E-state index in [2.05, 4.69) is 0 Å². The van der Waals surface area contributed by atoms with Crippen molar-refractivity contribution in [1.29, 1.82) is 5.26 Å². The first-order chi connectivity index (χ1) is 8.93. The molecule has 0 aliphatic carbocycles. The molecule has 0 aliphatic heterocycles. The van der Waals surface area contributed by atoms with Gasteiger partial charge >= 0.3 is 11.7 Å². The summed E-state index contributed by atoms with van der Waals surface area (Å²) in [5.41, 5.74) is 0.0284. The molecule has 19 heavy (non-hydrogen) atoms. The van der Waals surface area contributed by atoms with Crippen LogP contribution in [0.2, 0.25) is 0 Å². The Morgan fingerprint density at radius 3 is 2.84 bits per heavy atom. The molecule has 1 atom stereocenters. The molecule has 1 aromatic carbocycles. The van der Waals surface area contributed by atoms with Gasteiger partial charge in [0.15, 0.2) is 11.9 Å². The van der Waals surface area contributed by atoms with Crippen molar-refractivity contribution in [2.45, 2.75) is 13.0 Å². The molecule has 1 unspecified atom stereocenters. The molecule has 7 heteroatoms. The molecular formula is C12H10N2O5. The smallest absolute Gasteiger partial charge is 0.328 e. The van der Waals surface area contributed by atoms with E-state index in [4.69, 9.17) is 15.1 Å². The molecule has 0 amide bonds. The lowest BCUT2D eigenvalue weighted by Gasteiger charge is -2.08. The van der Waals surface area contributed by atoms with Crippen LogP contribution < -0.4 is 4.74 Å². The number of carboxylic acid groups (broad SMARTS) is 1. The summed E-state index contributed by atoms with van der Waals surface area (Å²) in [7, 11) is 0. The van der Waals surface area contributed by atoms with Crippen LogP contribution in [0, 0.1) is 21.4 Å². The Kier molecular flexibility index (Phi) is 4.60. The van der Waals surface area contributed by atoms with E-state index in [1.807, 2.05) is 0 Å². The number of rotatable bonds is 5. The van der Waals surface area contributed by atoms with Crippen molar-refractivity contribution in [3.05, 3.63) is 40.0 Å². The second kappa shape index (κ2) is 6.16. The molecule has 0 fully saturated rings. The number of nitriles is 1. The van der Waals surface area contributed by atoms with Crippen molar-refractivity contribution in [3.8, 4) is 11.8 Å². The van der Waals surface area contributed by atoms with Gasteiger partial charge in [-0.3, -0.25) is 10.1 Å². The van der Waals surface area contributed by atoms with Gasteiger partial charge in [-0.15, -0.1) is 0 Å². The molecule has 1 N–H and O–H groups in total. The van der Waals surface area contributed by atoms with Gasteiger partial charge in [-0.05, 0) is 24.6 Å². The van der Waals surface area contributed by atoms with Gasteiger partial charge in [0.2, 0.25) is 0 Å². The Morgan fingerprint density at radius 1 is 1.63 bits per heavy atom. The van der Waals surface area contributed by atoms with E-state index in [1.165, 1.54) is 31.2 Å². The summed E-state index contributed by atoms with van der Waals surface area (Å²) in [6.07, 6.45) is 1.28. The van der Waals surface area contributed by atoms with Crippen LogP contribution in [0.1, 0.15) is 12.5 Å². The third-order valence-corrected chi connectivity index (χ3v) is 2.08. The van der Waals surface area contributed by atoms with Gasteiger partial charge in [0.25, 0.3) is 0 Å². The molecule has 0 bridgehead atoms. The first-order valence-electron chi connectivity index (χ1n) is 5.19. The van der Waals surface area contributed by atoms with Gasteiger partial charge in [-0.2, -0.15) is 5.26 Å². The topological polar surface area (TPSA) is 113 Å². The maximum absolute atomic E-state index is 10.9. The number of nitro groups is 1. The van der Waals surface area contributed by atoms with Gasteiger partial charge in [-0.1, -0.05) is 6.07 Å². The van der Waals surface area contributed by atoms with Gasteiger partial charge in [0, 0.05) is 12.1 Å². The zero-order valence-corrected chi connectivity index (χ0v) is 9.94. The van der Waals surface area contributed by atoms with Crippen LogP contribution >= 0.6 is 0 Å². The summed E-state index contributed by atoms with van der Waals surface area (Å²) in [6, 6.07) is 5.77. The molecule has 0 saturated heterocycles. The fourth-order valence-electron chi connectivity index (χ4n) is 1.26. The Labute approximate surface area is 108 Å². The first kappa shape index (κ1) is 14.2. The molecular weight excluding hydrogens is 252 g/mol. The first-order valence-corrected chi connectivity index (χ1v) is 5.19. The average Bonchev–Trinajstić information content (AvgIpc) is 2.36. The number of hydrogen-bond acceptors (Lipinski definition) is 5. The van der Waals surface area contributed by atoms with Crippen molar-refractivity contribution in [1.82, 2.24) is 0 Å². The number of nitro benzene ring substituents is 1. The van der Waals surface area contributed by atoms with E-state index in [9.17, 15) is 14.9 Å². The summed E-state index contributed by atoms with van der Waals surface area (Å²) >= 11 is 0. The Bertz CT molecular complexity index is 574. The number of carboxylic acids is 1. The second-order valence-corrected chi connectivity index (χ2v) is 3.55. The molecule has 0 heterocycles. The van der Waals surface area contributed by atoms with Gasteiger partial charge < -0.3 is 9.84 Å². The highest BCUT2D eigenvalue weighted by Crippen LogP contribution is 2.29. The quantitative estimate of drug-likeness (QED) is 0.493. The number of hydrogen-bond donors (Lipinski definition) is 1. The molecule has 0 aliphatic rings. The molecule has 1 aromatic rings. The lowest BCUT2D eigenvalue weighted by atomic mass is 10.1. The van der Waals surface area contributed by atoms with Crippen LogP contribution in [-0.4, -0.2) is 22.1 Å². The predicted molar refractivity (Wildman–Crippen MR) is 65.5 cm³/mol. The predicted octanol–water partition coefficient (Wildman–Crippen LogP) is 1.98. The monoisotopic (exact) mass is 262 g/mol. The van der Waals surface area contributed by atoms with E-state index in [1.54, 1.807) is 6.07 Å². The molecule has 0 saturated carbocycles. The highest BCUT2D eigenvalue weighted by Gasteiger charge is 2.17. The number of nitrogens with zero attached hydrogens (tertiary/aromatic N) is 2. The second-order valence-electron chi connectivity index (χ2n) is 3.55. The molecule has 98 valence electrons. The Balaban J connectivity index is 3.12. The minimum absolute atomic E-state index is 0.0356. The highest BCUT2D eigenvalue weighted by atomic mass is 16.6. The average molecular weight is 262 g/mol. The van der Waals surface area contributed by atoms with E-state index in [0.29, 0.717) is 5.56 Å². The SMILES string of the molecule is CC(C#N)Oc1ccc(C=CC(=O)O)cc1[N+](=O)[O-]. The molecule has 7 nitrogen and oxygen atoms in total. The maximum atomic E-state index is 10.9. The highest BCUT2D eigenvalue weighted by molar-refractivity contribution is 5.85. The number of aliphatic carboxylic acids is 1. The minimum atomic E-state index is -1.15. The largest absolute Gasteiger partial charge is 0.478 e. The zero-order valence-electron chi connectivity index (χ0n) is 9.94. The third-order valence-electron chi connectivity index (χ3n) is 2.08. The number of benzene rings is 1. The fraction of sp³-hybridized carbons (Fsp3) is 0.167. The number of ether oxygens (including phenoxy) is 1. The summed E-state index contributed by atoms with van der Waals surface area (Å²) in [4.78, 5) is 20.6.